The molecule has 0 aliphatic heterocycles. The fraction of sp³-hybridized carbons (Fsp3) is 0.267. The van der Waals surface area contributed by atoms with E-state index in [1.807, 2.05) is 24.3 Å². The van der Waals surface area contributed by atoms with Crippen LogP contribution in [0, 0.1) is 0 Å². The molecular weight excluding hydrogens is 246 g/mol. The van der Waals surface area contributed by atoms with Gasteiger partial charge in [-0.25, -0.2) is 4.98 Å². The molecule has 0 spiro atoms. The lowest BCUT2D eigenvalue weighted by atomic mass is 10.0. The van der Waals surface area contributed by atoms with Gasteiger partial charge in [-0.2, -0.15) is 0 Å². The first-order valence-electron chi connectivity index (χ1n) is 5.99. The quantitative estimate of drug-likeness (QED) is 0.759. The van der Waals surface area contributed by atoms with Crippen molar-refractivity contribution in [2.24, 2.45) is 0 Å². The molecule has 0 aliphatic carbocycles. The SMILES string of the molecule is CC(C)c1ccccc1OCc1ccc(Cl)nc1. The highest BCUT2D eigenvalue weighted by Gasteiger charge is 2.06. The van der Waals surface area contributed by atoms with Gasteiger partial charge in [0, 0.05) is 11.8 Å². The van der Waals surface area contributed by atoms with E-state index in [-0.39, 0.29) is 0 Å². The van der Waals surface area contributed by atoms with E-state index in [0.29, 0.717) is 17.7 Å². The molecule has 0 atom stereocenters. The van der Waals surface area contributed by atoms with Crippen molar-refractivity contribution in [3.8, 4) is 5.75 Å². The Morgan fingerprint density at radius 3 is 2.61 bits per heavy atom. The van der Waals surface area contributed by atoms with E-state index in [4.69, 9.17) is 16.3 Å². The molecule has 0 unspecified atom stereocenters. The van der Waals surface area contributed by atoms with Crippen molar-refractivity contribution < 1.29 is 4.74 Å². The van der Waals surface area contributed by atoms with Crippen LogP contribution in [0.3, 0.4) is 0 Å². The van der Waals surface area contributed by atoms with E-state index < -0.39 is 0 Å². The Bertz CT molecular complexity index is 508. The second-order valence-corrected chi connectivity index (χ2v) is 4.86. The molecule has 1 aromatic carbocycles. The summed E-state index contributed by atoms with van der Waals surface area (Å²) in [6.07, 6.45) is 1.74. The van der Waals surface area contributed by atoms with Crippen molar-refractivity contribution >= 4 is 11.6 Å². The van der Waals surface area contributed by atoms with Crippen LogP contribution in [0.5, 0.6) is 5.75 Å². The second-order valence-electron chi connectivity index (χ2n) is 4.47. The van der Waals surface area contributed by atoms with Crippen LogP contribution in [0.2, 0.25) is 5.15 Å². The first kappa shape index (κ1) is 12.9. The Labute approximate surface area is 113 Å². The molecular formula is C15H16ClNO. The summed E-state index contributed by atoms with van der Waals surface area (Å²) in [6, 6.07) is 11.8. The number of benzene rings is 1. The van der Waals surface area contributed by atoms with Gasteiger partial charge >= 0.3 is 0 Å². The first-order valence-corrected chi connectivity index (χ1v) is 6.37. The summed E-state index contributed by atoms with van der Waals surface area (Å²) in [5.74, 6) is 1.38. The molecule has 1 aromatic heterocycles. The second kappa shape index (κ2) is 5.87. The summed E-state index contributed by atoms with van der Waals surface area (Å²) in [4.78, 5) is 4.03. The van der Waals surface area contributed by atoms with E-state index in [0.717, 1.165) is 11.3 Å². The molecule has 2 aromatic rings. The summed E-state index contributed by atoms with van der Waals surface area (Å²) in [7, 11) is 0. The maximum absolute atomic E-state index is 5.84. The molecule has 0 saturated heterocycles. The number of ether oxygens (including phenoxy) is 1. The van der Waals surface area contributed by atoms with Crippen LogP contribution in [-0.2, 0) is 6.61 Å². The van der Waals surface area contributed by atoms with Crippen LogP contribution in [0.4, 0.5) is 0 Å². The fourth-order valence-corrected chi connectivity index (χ4v) is 1.85. The lowest BCUT2D eigenvalue weighted by Crippen LogP contribution is -2.00. The summed E-state index contributed by atoms with van der Waals surface area (Å²) in [6.45, 7) is 4.83. The highest BCUT2D eigenvalue weighted by atomic mass is 35.5. The van der Waals surface area contributed by atoms with Crippen LogP contribution in [-0.4, -0.2) is 4.98 Å². The number of aromatic nitrogens is 1. The highest BCUT2D eigenvalue weighted by Crippen LogP contribution is 2.26. The number of hydrogen-bond donors (Lipinski definition) is 0. The molecule has 2 nitrogen and oxygen atoms in total. The fourth-order valence-electron chi connectivity index (χ4n) is 1.74. The van der Waals surface area contributed by atoms with Gasteiger partial charge in [-0.15, -0.1) is 0 Å². The predicted octanol–water partition coefficient (Wildman–Crippen LogP) is 4.44. The van der Waals surface area contributed by atoms with Crippen molar-refractivity contribution in [2.75, 3.05) is 0 Å². The Hall–Kier alpha value is -1.54. The van der Waals surface area contributed by atoms with Crippen LogP contribution >= 0.6 is 11.6 Å². The van der Waals surface area contributed by atoms with Crippen LogP contribution in [0.25, 0.3) is 0 Å². The molecule has 18 heavy (non-hydrogen) atoms. The molecule has 0 radical (unpaired) electrons. The monoisotopic (exact) mass is 261 g/mol. The van der Waals surface area contributed by atoms with Crippen LogP contribution in [0.15, 0.2) is 42.6 Å². The zero-order valence-corrected chi connectivity index (χ0v) is 11.3. The maximum Gasteiger partial charge on any atom is 0.129 e. The van der Waals surface area contributed by atoms with Gasteiger partial charge in [0.1, 0.15) is 17.5 Å². The van der Waals surface area contributed by atoms with Gasteiger partial charge in [0.15, 0.2) is 0 Å². The maximum atomic E-state index is 5.84. The molecule has 0 amide bonds. The zero-order valence-electron chi connectivity index (χ0n) is 10.6. The van der Waals surface area contributed by atoms with Gasteiger partial charge in [0.25, 0.3) is 0 Å². The highest BCUT2D eigenvalue weighted by molar-refractivity contribution is 6.29. The van der Waals surface area contributed by atoms with Crippen LogP contribution < -0.4 is 4.74 Å². The predicted molar refractivity (Wildman–Crippen MR) is 74.1 cm³/mol. The van der Waals surface area contributed by atoms with Gasteiger partial charge in [-0.3, -0.25) is 0 Å². The topological polar surface area (TPSA) is 22.1 Å². The molecule has 0 saturated carbocycles. The number of rotatable bonds is 4. The number of nitrogens with zero attached hydrogens (tertiary/aromatic N) is 1. The average molecular weight is 262 g/mol. The zero-order chi connectivity index (χ0) is 13.0. The summed E-state index contributed by atoms with van der Waals surface area (Å²) in [5, 5.41) is 0.501. The van der Waals surface area contributed by atoms with E-state index in [1.165, 1.54) is 5.56 Å². The van der Waals surface area contributed by atoms with E-state index in [9.17, 15) is 0 Å². The molecule has 0 fully saturated rings. The van der Waals surface area contributed by atoms with Gasteiger partial charge in [-0.1, -0.05) is 49.7 Å². The third kappa shape index (κ3) is 3.23. The minimum absolute atomic E-state index is 0.449. The Morgan fingerprint density at radius 1 is 1.17 bits per heavy atom. The Kier molecular flexibility index (Phi) is 4.21. The lowest BCUT2D eigenvalue weighted by Gasteiger charge is -2.13. The number of pyridine rings is 1. The molecule has 2 rings (SSSR count). The van der Waals surface area contributed by atoms with Gasteiger partial charge in [-0.05, 0) is 23.6 Å². The van der Waals surface area contributed by atoms with Crippen LogP contribution in [0.1, 0.15) is 30.9 Å². The van der Waals surface area contributed by atoms with Crippen molar-refractivity contribution in [3.05, 3.63) is 58.9 Å². The molecule has 1 heterocycles. The van der Waals surface area contributed by atoms with E-state index in [1.54, 1.807) is 12.3 Å². The lowest BCUT2D eigenvalue weighted by molar-refractivity contribution is 0.301. The van der Waals surface area contributed by atoms with Crippen molar-refractivity contribution in [2.45, 2.75) is 26.4 Å². The molecule has 94 valence electrons. The smallest absolute Gasteiger partial charge is 0.129 e. The average Bonchev–Trinajstić information content (AvgIpc) is 2.38. The van der Waals surface area contributed by atoms with Crippen molar-refractivity contribution in [3.63, 3.8) is 0 Å². The first-order chi connectivity index (χ1) is 8.66. The Balaban J connectivity index is 2.08. The van der Waals surface area contributed by atoms with E-state index in [2.05, 4.69) is 24.9 Å². The van der Waals surface area contributed by atoms with Crippen molar-refractivity contribution in [1.82, 2.24) is 4.98 Å². The third-order valence-corrected chi connectivity index (χ3v) is 2.95. The van der Waals surface area contributed by atoms with Gasteiger partial charge in [0.2, 0.25) is 0 Å². The Morgan fingerprint density at radius 2 is 1.94 bits per heavy atom. The third-order valence-electron chi connectivity index (χ3n) is 2.72. The molecule has 0 N–H and O–H groups in total. The summed E-state index contributed by atoms with van der Waals surface area (Å²) in [5.41, 5.74) is 2.23. The van der Waals surface area contributed by atoms with E-state index >= 15 is 0 Å². The standard InChI is InChI=1S/C15H16ClNO/c1-11(2)13-5-3-4-6-14(13)18-10-12-7-8-15(16)17-9-12/h3-9,11H,10H2,1-2H3. The van der Waals surface area contributed by atoms with Gasteiger partial charge < -0.3 is 4.74 Å². The summed E-state index contributed by atoms with van der Waals surface area (Å²) < 4.78 is 5.84. The number of para-hydroxylation sites is 1. The number of halogens is 1. The van der Waals surface area contributed by atoms with Crippen molar-refractivity contribution in [1.29, 1.82) is 0 Å². The normalized spacial score (nSPS) is 10.7. The minimum atomic E-state index is 0.449. The number of hydrogen-bond acceptors (Lipinski definition) is 2. The minimum Gasteiger partial charge on any atom is -0.489 e. The largest absolute Gasteiger partial charge is 0.489 e. The summed E-state index contributed by atoms with van der Waals surface area (Å²) >= 11 is 5.74. The molecule has 0 aliphatic rings. The molecule has 0 bridgehead atoms. The van der Waals surface area contributed by atoms with Gasteiger partial charge in [0.05, 0.1) is 0 Å². The molecule has 3 heteroatoms.